The molecule has 2 heterocycles. The van der Waals surface area contributed by atoms with Crippen LogP contribution in [-0.4, -0.2) is 33.3 Å². The summed E-state index contributed by atoms with van der Waals surface area (Å²) >= 11 is 0. The highest BCUT2D eigenvalue weighted by Crippen LogP contribution is 2.16. The Morgan fingerprint density at radius 2 is 1.63 bits per heavy atom. The van der Waals surface area contributed by atoms with Gasteiger partial charge in [-0.3, -0.25) is 4.57 Å². The van der Waals surface area contributed by atoms with Gasteiger partial charge in [-0.15, -0.1) is 0 Å². The summed E-state index contributed by atoms with van der Waals surface area (Å²) in [6, 6.07) is 18.1. The van der Waals surface area contributed by atoms with Gasteiger partial charge in [-0.2, -0.15) is 4.98 Å². The number of nitrogens with two attached hydrogens (primary N) is 1. The van der Waals surface area contributed by atoms with Crippen molar-refractivity contribution in [1.29, 1.82) is 0 Å². The molecule has 0 spiro atoms. The van der Waals surface area contributed by atoms with Gasteiger partial charge in [-0.05, 0) is 41.5 Å². The highest BCUT2D eigenvalue weighted by atomic mass is 16.5. The lowest BCUT2D eigenvalue weighted by Gasteiger charge is -2.16. The average molecular weight is 475 g/mol. The lowest BCUT2D eigenvalue weighted by atomic mass is 10.2. The van der Waals surface area contributed by atoms with Crippen LogP contribution in [0, 0.1) is 0 Å². The molecule has 2 aromatic heterocycles. The Kier molecular flexibility index (Phi) is 7.10. The van der Waals surface area contributed by atoms with Gasteiger partial charge in [-0.25, -0.2) is 19.1 Å². The van der Waals surface area contributed by atoms with Crippen LogP contribution in [0.15, 0.2) is 76.4 Å². The van der Waals surface area contributed by atoms with Crippen LogP contribution >= 0.6 is 0 Å². The molecule has 0 amide bonds. The fourth-order valence-corrected chi connectivity index (χ4v) is 3.58. The number of ether oxygens (including phenoxy) is 2. The molecule has 0 aliphatic heterocycles. The normalized spacial score (nSPS) is 10.7. The van der Waals surface area contributed by atoms with Gasteiger partial charge in [0, 0.05) is 18.3 Å². The highest BCUT2D eigenvalue weighted by molar-refractivity contribution is 5.41. The van der Waals surface area contributed by atoms with Crippen molar-refractivity contribution in [3.05, 3.63) is 105 Å². The van der Waals surface area contributed by atoms with Crippen LogP contribution in [0.2, 0.25) is 0 Å². The van der Waals surface area contributed by atoms with E-state index in [1.807, 2.05) is 30.3 Å². The molecule has 180 valence electrons. The average Bonchev–Trinajstić information content (AvgIpc) is 2.88. The summed E-state index contributed by atoms with van der Waals surface area (Å²) in [4.78, 5) is 34.7. The maximum atomic E-state index is 13.5. The molecule has 2 aromatic carbocycles. The van der Waals surface area contributed by atoms with E-state index in [0.29, 0.717) is 17.3 Å². The first-order chi connectivity index (χ1) is 17.0. The number of nitrogens with zero attached hydrogens (tertiary/aromatic N) is 4. The Labute approximate surface area is 201 Å². The van der Waals surface area contributed by atoms with Crippen LogP contribution in [0.25, 0.3) is 0 Å². The third-order valence-corrected chi connectivity index (χ3v) is 5.49. The second-order valence-corrected chi connectivity index (χ2v) is 7.77. The van der Waals surface area contributed by atoms with Gasteiger partial charge in [0.15, 0.2) is 0 Å². The Bertz CT molecular complexity index is 1430. The second-order valence-electron chi connectivity index (χ2n) is 7.77. The van der Waals surface area contributed by atoms with Crippen LogP contribution in [0.3, 0.4) is 0 Å². The first kappa shape index (κ1) is 23.6. The lowest BCUT2D eigenvalue weighted by Crippen LogP contribution is -2.43. The summed E-state index contributed by atoms with van der Waals surface area (Å²) in [6.07, 6.45) is 1.59. The third-order valence-electron chi connectivity index (χ3n) is 5.49. The van der Waals surface area contributed by atoms with E-state index >= 15 is 0 Å². The minimum atomic E-state index is -0.658. The van der Waals surface area contributed by atoms with Crippen molar-refractivity contribution in [2.24, 2.45) is 0 Å². The maximum absolute atomic E-state index is 13.5. The van der Waals surface area contributed by atoms with Crippen LogP contribution in [-0.2, 0) is 19.6 Å². The highest BCUT2D eigenvalue weighted by Gasteiger charge is 2.15. The number of hydrogen-bond donors (Lipinski definition) is 2. The van der Waals surface area contributed by atoms with E-state index in [1.54, 1.807) is 50.7 Å². The van der Waals surface area contributed by atoms with Crippen LogP contribution in [0.5, 0.6) is 11.5 Å². The van der Waals surface area contributed by atoms with E-state index in [0.717, 1.165) is 21.3 Å². The number of nitrogens with one attached hydrogen (secondary N) is 1. The Morgan fingerprint density at radius 3 is 2.34 bits per heavy atom. The zero-order valence-electron chi connectivity index (χ0n) is 19.5. The summed E-state index contributed by atoms with van der Waals surface area (Å²) in [6.45, 7) is 0.492. The van der Waals surface area contributed by atoms with Crippen LogP contribution in [0.4, 0.5) is 11.8 Å². The van der Waals surface area contributed by atoms with Gasteiger partial charge in [0.2, 0.25) is 5.95 Å². The zero-order valence-corrected chi connectivity index (χ0v) is 19.5. The summed E-state index contributed by atoms with van der Waals surface area (Å²) < 4.78 is 13.0. The first-order valence-electron chi connectivity index (χ1n) is 10.9. The van der Waals surface area contributed by atoms with Crippen molar-refractivity contribution in [2.45, 2.75) is 19.6 Å². The topological polar surface area (TPSA) is 126 Å². The summed E-state index contributed by atoms with van der Waals surface area (Å²) in [7, 11) is 3.15. The molecule has 0 fully saturated rings. The number of pyridine rings is 1. The summed E-state index contributed by atoms with van der Waals surface area (Å²) in [5.74, 6) is 1.84. The van der Waals surface area contributed by atoms with E-state index in [9.17, 15) is 9.59 Å². The van der Waals surface area contributed by atoms with Crippen LogP contribution in [0.1, 0.15) is 16.7 Å². The molecule has 35 heavy (non-hydrogen) atoms. The van der Waals surface area contributed by atoms with Crippen LogP contribution < -0.4 is 31.9 Å². The molecule has 0 saturated heterocycles. The number of aromatic nitrogens is 4. The van der Waals surface area contributed by atoms with Crippen molar-refractivity contribution >= 4 is 11.8 Å². The lowest BCUT2D eigenvalue weighted by molar-refractivity contribution is 0.414. The van der Waals surface area contributed by atoms with Gasteiger partial charge >= 0.3 is 11.4 Å². The number of rotatable bonds is 9. The molecule has 4 rings (SSSR count). The van der Waals surface area contributed by atoms with E-state index in [2.05, 4.69) is 15.3 Å². The van der Waals surface area contributed by atoms with Crippen molar-refractivity contribution in [2.75, 3.05) is 25.3 Å². The minimum absolute atomic E-state index is 0.0720. The molecule has 0 atom stereocenters. The molecule has 0 aliphatic carbocycles. The van der Waals surface area contributed by atoms with Crippen molar-refractivity contribution in [3.8, 4) is 11.5 Å². The number of benzene rings is 2. The van der Waals surface area contributed by atoms with E-state index in [4.69, 9.17) is 15.2 Å². The first-order valence-corrected chi connectivity index (χ1v) is 10.9. The van der Waals surface area contributed by atoms with Gasteiger partial charge in [-0.1, -0.05) is 30.3 Å². The minimum Gasteiger partial charge on any atom is -0.497 e. The van der Waals surface area contributed by atoms with Gasteiger partial charge < -0.3 is 20.5 Å². The molecule has 10 nitrogen and oxygen atoms in total. The molecular formula is C25H26N6O4. The van der Waals surface area contributed by atoms with Gasteiger partial charge in [0.05, 0.1) is 27.3 Å². The Morgan fingerprint density at radius 1 is 0.886 bits per heavy atom. The molecule has 0 aliphatic rings. The molecule has 10 heteroatoms. The smallest absolute Gasteiger partial charge is 0.355 e. The van der Waals surface area contributed by atoms with Crippen molar-refractivity contribution < 1.29 is 9.47 Å². The summed E-state index contributed by atoms with van der Waals surface area (Å²) in [5, 5.41) is 3.08. The number of nitrogen functional groups attached to an aromatic ring is 1. The molecule has 3 N–H and O–H groups in total. The molecule has 0 radical (unpaired) electrons. The Balaban J connectivity index is 1.73. The van der Waals surface area contributed by atoms with Gasteiger partial charge in [0.25, 0.3) is 0 Å². The molecule has 0 unspecified atom stereocenters. The monoisotopic (exact) mass is 474 g/mol. The number of hydrogen-bond acceptors (Lipinski definition) is 8. The quantitative estimate of drug-likeness (QED) is 0.378. The largest absolute Gasteiger partial charge is 0.497 e. The molecular weight excluding hydrogens is 448 g/mol. The molecule has 0 bridgehead atoms. The van der Waals surface area contributed by atoms with Crippen molar-refractivity contribution in [3.63, 3.8) is 0 Å². The third kappa shape index (κ3) is 5.49. The second kappa shape index (κ2) is 10.6. The zero-order chi connectivity index (χ0) is 24.8. The molecule has 4 aromatic rings. The standard InChI is InChI=1S/C25H26N6O4/c1-34-20-10-8-17(9-11-20)15-31-24(32)29-23(28-14-19-6-4-12-27-22(19)26)30(25(31)33)16-18-5-3-7-21(13-18)35-2/h3-13H,14-16H2,1-2H3,(H2,26,27)(H,28,29,32). The fraction of sp³-hybridized carbons (Fsp3) is 0.200. The van der Waals surface area contributed by atoms with E-state index in [-0.39, 0.29) is 25.6 Å². The van der Waals surface area contributed by atoms with E-state index < -0.39 is 11.4 Å². The molecule has 0 saturated carbocycles. The van der Waals surface area contributed by atoms with Crippen molar-refractivity contribution in [1.82, 2.24) is 19.1 Å². The SMILES string of the molecule is COc1ccc(Cn2c(=O)nc(NCc3cccnc3N)n(Cc3cccc(OC)c3)c2=O)cc1. The number of anilines is 2. The van der Waals surface area contributed by atoms with E-state index in [1.165, 1.54) is 4.57 Å². The summed E-state index contributed by atoms with van der Waals surface area (Å²) in [5.41, 5.74) is 7.09. The number of methoxy groups -OCH3 is 2. The fourth-order valence-electron chi connectivity index (χ4n) is 3.58. The maximum Gasteiger partial charge on any atom is 0.355 e. The predicted octanol–water partition coefficient (Wildman–Crippen LogP) is 2.11. The Hall–Kier alpha value is -4.60. The predicted molar refractivity (Wildman–Crippen MR) is 133 cm³/mol. The van der Waals surface area contributed by atoms with Gasteiger partial charge in [0.1, 0.15) is 17.3 Å².